The molecule has 9 nitrogen and oxygen atoms in total. The van der Waals surface area contributed by atoms with Crippen LogP contribution in [0.15, 0.2) is 29.8 Å². The third-order valence-corrected chi connectivity index (χ3v) is 7.04. The highest BCUT2D eigenvalue weighted by atomic mass is 19.1. The molecule has 1 aliphatic carbocycles. The van der Waals surface area contributed by atoms with Crippen molar-refractivity contribution in [3.05, 3.63) is 41.2 Å². The first-order chi connectivity index (χ1) is 17.8. The third-order valence-electron chi connectivity index (χ3n) is 7.04. The molecule has 4 rings (SSSR count). The van der Waals surface area contributed by atoms with E-state index in [1.165, 1.54) is 11.0 Å². The number of nitrogens with one attached hydrogen (secondary N) is 1. The molecule has 38 heavy (non-hydrogen) atoms. The van der Waals surface area contributed by atoms with Crippen molar-refractivity contribution in [1.29, 1.82) is 0 Å². The number of aldehydes is 1. The number of fused-ring (bicyclic) bond motifs is 1. The van der Waals surface area contributed by atoms with E-state index in [9.17, 15) is 14.4 Å². The van der Waals surface area contributed by atoms with Crippen molar-refractivity contribution < 1.29 is 32.8 Å². The lowest BCUT2D eigenvalue weighted by Crippen LogP contribution is -2.62. The first-order valence-electron chi connectivity index (χ1n) is 13.0. The van der Waals surface area contributed by atoms with Crippen molar-refractivity contribution >= 4 is 30.9 Å². The predicted molar refractivity (Wildman–Crippen MR) is 140 cm³/mol. The van der Waals surface area contributed by atoms with Gasteiger partial charge in [-0.1, -0.05) is 32.1 Å². The summed E-state index contributed by atoms with van der Waals surface area (Å²) in [5.74, 6) is -1.11. The number of rotatable bonds is 7. The molecule has 1 fully saturated rings. The second-order valence-corrected chi connectivity index (χ2v) is 12.3. The summed E-state index contributed by atoms with van der Waals surface area (Å²) in [4.78, 5) is 40.1. The monoisotopic (exact) mass is 529 g/mol. The minimum atomic E-state index is -1.57. The molecular formula is C27H37BFN3O6. The number of halogens is 1. The van der Waals surface area contributed by atoms with Gasteiger partial charge >= 0.3 is 13.2 Å². The zero-order valence-electron chi connectivity index (χ0n) is 22.7. The fraction of sp³-hybridized carbons (Fsp3) is 0.593. The van der Waals surface area contributed by atoms with Crippen LogP contribution in [0.3, 0.4) is 0 Å². The number of nitrogens with two attached hydrogens (primary N) is 1. The zero-order chi connectivity index (χ0) is 27.9. The molecule has 1 aromatic carbocycles. The van der Waals surface area contributed by atoms with Gasteiger partial charge in [-0.25, -0.2) is 9.18 Å². The van der Waals surface area contributed by atoms with Gasteiger partial charge in [-0.3, -0.25) is 9.69 Å². The van der Waals surface area contributed by atoms with E-state index in [1.807, 2.05) is 19.9 Å². The van der Waals surface area contributed by atoms with Gasteiger partial charge in [0.25, 0.3) is 0 Å². The maximum atomic E-state index is 15.2. The quantitative estimate of drug-likeness (QED) is 0.314. The van der Waals surface area contributed by atoms with Crippen LogP contribution in [-0.4, -0.2) is 73.3 Å². The molecule has 1 saturated heterocycles. The van der Waals surface area contributed by atoms with Crippen LogP contribution in [0, 0.1) is 11.2 Å². The highest BCUT2D eigenvalue weighted by Gasteiger charge is 2.48. The number of carbonyl (C=O) groups excluding carboxylic acids is 3. The van der Waals surface area contributed by atoms with Crippen LogP contribution in [0.4, 0.5) is 9.18 Å². The van der Waals surface area contributed by atoms with Gasteiger partial charge in [-0.05, 0) is 56.3 Å². The fourth-order valence-electron chi connectivity index (χ4n) is 5.07. The van der Waals surface area contributed by atoms with E-state index >= 15 is 4.39 Å². The van der Waals surface area contributed by atoms with E-state index in [-0.39, 0.29) is 30.0 Å². The second kappa shape index (κ2) is 10.4. The summed E-state index contributed by atoms with van der Waals surface area (Å²) in [5, 5.41) is 2.73. The lowest BCUT2D eigenvalue weighted by molar-refractivity contribution is -0.130. The van der Waals surface area contributed by atoms with E-state index in [4.69, 9.17) is 19.8 Å². The molecule has 2 bridgehead atoms. The van der Waals surface area contributed by atoms with Crippen molar-refractivity contribution in [3.8, 4) is 0 Å². The van der Waals surface area contributed by atoms with Gasteiger partial charge in [0.1, 0.15) is 29.3 Å². The van der Waals surface area contributed by atoms with Crippen molar-refractivity contribution in [2.24, 2.45) is 11.1 Å². The first kappa shape index (κ1) is 28.3. The Morgan fingerprint density at radius 3 is 2.55 bits per heavy atom. The van der Waals surface area contributed by atoms with Gasteiger partial charge in [0.15, 0.2) is 0 Å². The Morgan fingerprint density at radius 2 is 1.97 bits per heavy atom. The molecule has 3 atom stereocenters. The standard InChI is InChI=1S/C27H37BFN3O6/c1-25(2,3)38-24(35)32-20-9-7-17(10-20)22(32)23(34)31-27(13-30,14-33)12-18-6-8-19(11-21(18)29)28-36-15-26(4,5)16-37-28/h6,8,10-11,14,20,22H,7,9,12-13,15-16,30H2,1-5H3,(H,31,34)/t20-,22+,27-/m1/s1. The van der Waals surface area contributed by atoms with Crippen molar-refractivity contribution in [2.45, 2.75) is 77.1 Å². The molecule has 0 radical (unpaired) electrons. The lowest BCUT2D eigenvalue weighted by Gasteiger charge is -2.37. The zero-order valence-corrected chi connectivity index (χ0v) is 22.7. The third kappa shape index (κ3) is 5.95. The average Bonchev–Trinajstić information content (AvgIpc) is 3.46. The van der Waals surface area contributed by atoms with Gasteiger partial charge < -0.3 is 29.9 Å². The van der Waals surface area contributed by atoms with E-state index < -0.39 is 42.1 Å². The summed E-state index contributed by atoms with van der Waals surface area (Å²) in [5.41, 5.74) is 5.07. The molecule has 0 aromatic heterocycles. The summed E-state index contributed by atoms with van der Waals surface area (Å²) in [7, 11) is -0.679. The lowest BCUT2D eigenvalue weighted by atomic mass is 9.75. The fourth-order valence-corrected chi connectivity index (χ4v) is 5.07. The molecule has 0 unspecified atom stereocenters. The Balaban J connectivity index is 1.49. The first-order valence-corrected chi connectivity index (χ1v) is 13.0. The van der Waals surface area contributed by atoms with Crippen LogP contribution in [0.5, 0.6) is 0 Å². The van der Waals surface area contributed by atoms with Gasteiger partial charge in [-0.15, -0.1) is 0 Å². The highest BCUT2D eigenvalue weighted by molar-refractivity contribution is 6.61. The van der Waals surface area contributed by atoms with Crippen LogP contribution in [-0.2, 0) is 30.1 Å². The molecule has 2 aliphatic heterocycles. The summed E-state index contributed by atoms with van der Waals surface area (Å²) in [6.07, 6.45) is 3.04. The number of carbonyl (C=O) groups is 3. The topological polar surface area (TPSA) is 120 Å². The Labute approximate surface area is 223 Å². The number of hydrogen-bond acceptors (Lipinski definition) is 7. The Bertz CT molecular complexity index is 1130. The van der Waals surface area contributed by atoms with E-state index in [1.54, 1.807) is 32.9 Å². The van der Waals surface area contributed by atoms with Crippen molar-refractivity contribution in [1.82, 2.24) is 10.2 Å². The maximum absolute atomic E-state index is 15.2. The number of ether oxygens (including phenoxy) is 1. The number of nitrogens with zero attached hydrogens (tertiary/aromatic N) is 1. The predicted octanol–water partition coefficient (Wildman–Crippen LogP) is 1.86. The van der Waals surface area contributed by atoms with Gasteiger partial charge in [0.05, 0.1) is 6.04 Å². The van der Waals surface area contributed by atoms with Gasteiger partial charge in [0.2, 0.25) is 5.91 Å². The molecule has 2 amide bonds. The number of amides is 2. The SMILES string of the molecule is CC1(C)COB(c2ccc(C[C@](C=O)(CN)NC(=O)[C@@H]3C4=C[C@@H](CC4)N3C(=O)OC(C)(C)C)c(F)c2)OC1. The smallest absolute Gasteiger partial charge is 0.444 e. The summed E-state index contributed by atoms with van der Waals surface area (Å²) in [6, 6.07) is 3.38. The van der Waals surface area contributed by atoms with Crippen molar-refractivity contribution in [2.75, 3.05) is 19.8 Å². The van der Waals surface area contributed by atoms with Crippen LogP contribution in [0.25, 0.3) is 0 Å². The summed E-state index contributed by atoms with van der Waals surface area (Å²) < 4.78 is 32.2. The van der Waals surface area contributed by atoms with Gasteiger partial charge in [-0.2, -0.15) is 0 Å². The van der Waals surface area contributed by atoms with E-state index in [0.717, 1.165) is 5.57 Å². The molecule has 0 saturated carbocycles. The second-order valence-electron chi connectivity index (χ2n) is 12.3. The number of piperidine rings is 1. The highest BCUT2D eigenvalue weighted by Crippen LogP contribution is 2.38. The molecular weight excluding hydrogens is 492 g/mol. The van der Waals surface area contributed by atoms with E-state index in [2.05, 4.69) is 5.32 Å². The number of likely N-dealkylation sites (tertiary alicyclic amines) is 1. The molecule has 1 aromatic rings. The minimum absolute atomic E-state index is 0.119. The Hall–Kier alpha value is -2.76. The average molecular weight is 529 g/mol. The summed E-state index contributed by atoms with van der Waals surface area (Å²) >= 11 is 0. The summed E-state index contributed by atoms with van der Waals surface area (Å²) in [6.45, 7) is 10.0. The van der Waals surface area contributed by atoms with Crippen LogP contribution < -0.4 is 16.5 Å². The van der Waals surface area contributed by atoms with Crippen LogP contribution in [0.2, 0.25) is 0 Å². The van der Waals surface area contributed by atoms with Crippen molar-refractivity contribution in [3.63, 3.8) is 0 Å². The maximum Gasteiger partial charge on any atom is 0.494 e. The Kier molecular flexibility index (Phi) is 7.75. The molecule has 11 heteroatoms. The largest absolute Gasteiger partial charge is 0.494 e. The molecule has 3 N–H and O–H groups in total. The van der Waals surface area contributed by atoms with Gasteiger partial charge in [0, 0.05) is 31.6 Å². The number of hydrogen-bond donors (Lipinski definition) is 2. The normalized spacial score (nSPS) is 24.0. The molecule has 0 spiro atoms. The molecule has 206 valence electrons. The van der Waals surface area contributed by atoms with Crippen LogP contribution >= 0.6 is 0 Å². The van der Waals surface area contributed by atoms with Crippen LogP contribution in [0.1, 0.15) is 53.0 Å². The molecule has 3 aliphatic rings. The van der Waals surface area contributed by atoms with E-state index in [0.29, 0.717) is 37.8 Å². The minimum Gasteiger partial charge on any atom is -0.444 e. The Morgan fingerprint density at radius 1 is 1.29 bits per heavy atom. The number of benzene rings is 1. The molecule has 2 heterocycles.